The summed E-state index contributed by atoms with van der Waals surface area (Å²) in [6, 6.07) is 12.5. The SMILES string of the molecule is O=C(NC(c1ccncc1)C1CCC1)c1cccc2[nH]c(=O)ccc12. The molecule has 2 aromatic heterocycles. The predicted molar refractivity (Wildman–Crippen MR) is 96.4 cm³/mol. The Kier molecular flexibility index (Phi) is 4.06. The largest absolute Gasteiger partial charge is 0.345 e. The number of hydrogen-bond acceptors (Lipinski definition) is 3. The van der Waals surface area contributed by atoms with Crippen LogP contribution in [0.1, 0.15) is 41.2 Å². The molecular formula is C20H19N3O2. The Morgan fingerprint density at radius 1 is 1.12 bits per heavy atom. The van der Waals surface area contributed by atoms with Crippen molar-refractivity contribution in [3.05, 3.63) is 76.3 Å². The summed E-state index contributed by atoms with van der Waals surface area (Å²) in [6.07, 6.45) is 6.97. The zero-order chi connectivity index (χ0) is 17.2. The Labute approximate surface area is 145 Å². The van der Waals surface area contributed by atoms with Crippen molar-refractivity contribution in [1.82, 2.24) is 15.3 Å². The van der Waals surface area contributed by atoms with Gasteiger partial charge < -0.3 is 10.3 Å². The highest BCUT2D eigenvalue weighted by Gasteiger charge is 2.30. The number of H-pyrrole nitrogens is 1. The van der Waals surface area contributed by atoms with E-state index in [0.29, 0.717) is 17.0 Å². The third kappa shape index (κ3) is 3.05. The molecule has 1 fully saturated rings. The molecule has 0 spiro atoms. The lowest BCUT2D eigenvalue weighted by Gasteiger charge is -2.34. The fourth-order valence-corrected chi connectivity index (χ4v) is 3.42. The first-order valence-corrected chi connectivity index (χ1v) is 8.55. The first kappa shape index (κ1) is 15.6. The van der Waals surface area contributed by atoms with Gasteiger partial charge in [0.1, 0.15) is 0 Å². The van der Waals surface area contributed by atoms with E-state index < -0.39 is 0 Å². The molecule has 2 heterocycles. The fourth-order valence-electron chi connectivity index (χ4n) is 3.42. The smallest absolute Gasteiger partial charge is 0.252 e. The van der Waals surface area contributed by atoms with Crippen LogP contribution in [0.3, 0.4) is 0 Å². The van der Waals surface area contributed by atoms with E-state index in [1.807, 2.05) is 12.1 Å². The molecule has 0 saturated heterocycles. The summed E-state index contributed by atoms with van der Waals surface area (Å²) < 4.78 is 0. The first-order valence-electron chi connectivity index (χ1n) is 8.55. The summed E-state index contributed by atoms with van der Waals surface area (Å²) in [6.45, 7) is 0. The van der Waals surface area contributed by atoms with Gasteiger partial charge in [-0.3, -0.25) is 14.6 Å². The molecule has 1 saturated carbocycles. The van der Waals surface area contributed by atoms with Crippen molar-refractivity contribution in [2.24, 2.45) is 5.92 Å². The van der Waals surface area contributed by atoms with Gasteiger partial charge in [-0.05, 0) is 54.7 Å². The number of fused-ring (bicyclic) bond motifs is 1. The number of rotatable bonds is 4. The molecule has 25 heavy (non-hydrogen) atoms. The van der Waals surface area contributed by atoms with Gasteiger partial charge in [0.2, 0.25) is 5.56 Å². The molecule has 126 valence electrons. The third-order valence-corrected chi connectivity index (χ3v) is 4.98. The minimum absolute atomic E-state index is 0.0118. The van der Waals surface area contributed by atoms with Gasteiger partial charge in [-0.25, -0.2) is 0 Å². The topological polar surface area (TPSA) is 74.8 Å². The van der Waals surface area contributed by atoms with Crippen molar-refractivity contribution >= 4 is 16.8 Å². The second-order valence-corrected chi connectivity index (χ2v) is 6.51. The van der Waals surface area contributed by atoms with Crippen LogP contribution in [0.4, 0.5) is 0 Å². The van der Waals surface area contributed by atoms with Gasteiger partial charge in [-0.1, -0.05) is 12.5 Å². The Morgan fingerprint density at radius 2 is 1.92 bits per heavy atom. The van der Waals surface area contributed by atoms with Gasteiger partial charge in [0.25, 0.3) is 5.91 Å². The maximum absolute atomic E-state index is 13.0. The minimum atomic E-state index is -0.172. The van der Waals surface area contributed by atoms with E-state index in [1.165, 1.54) is 12.5 Å². The number of nitrogens with zero attached hydrogens (tertiary/aromatic N) is 1. The molecule has 0 bridgehead atoms. The Morgan fingerprint density at radius 3 is 2.64 bits per heavy atom. The van der Waals surface area contributed by atoms with Gasteiger partial charge >= 0.3 is 0 Å². The number of nitrogens with one attached hydrogen (secondary N) is 2. The zero-order valence-electron chi connectivity index (χ0n) is 13.7. The second kappa shape index (κ2) is 6.51. The molecule has 1 aliphatic rings. The molecule has 4 rings (SSSR count). The van der Waals surface area contributed by atoms with Crippen molar-refractivity contribution in [3.63, 3.8) is 0 Å². The highest BCUT2D eigenvalue weighted by atomic mass is 16.1. The molecular weight excluding hydrogens is 314 g/mol. The molecule has 1 aliphatic carbocycles. The van der Waals surface area contributed by atoms with Crippen LogP contribution in [-0.2, 0) is 0 Å². The first-order chi connectivity index (χ1) is 12.2. The van der Waals surface area contributed by atoms with Gasteiger partial charge in [0, 0.05) is 34.9 Å². The van der Waals surface area contributed by atoms with Crippen LogP contribution >= 0.6 is 0 Å². The average molecular weight is 333 g/mol. The van der Waals surface area contributed by atoms with E-state index in [9.17, 15) is 9.59 Å². The lowest BCUT2D eigenvalue weighted by atomic mass is 9.77. The molecule has 1 atom stereocenters. The van der Waals surface area contributed by atoms with Crippen LogP contribution < -0.4 is 10.9 Å². The van der Waals surface area contributed by atoms with Crippen LogP contribution in [0.25, 0.3) is 10.9 Å². The van der Waals surface area contributed by atoms with Gasteiger partial charge in [0.15, 0.2) is 0 Å². The lowest BCUT2D eigenvalue weighted by Crippen LogP contribution is -2.36. The summed E-state index contributed by atoms with van der Waals surface area (Å²) in [4.78, 5) is 31.3. The number of amides is 1. The molecule has 1 aromatic carbocycles. The van der Waals surface area contributed by atoms with Crippen LogP contribution in [-0.4, -0.2) is 15.9 Å². The Hall–Kier alpha value is -2.95. The van der Waals surface area contributed by atoms with Crippen LogP contribution in [0.2, 0.25) is 0 Å². The van der Waals surface area contributed by atoms with E-state index >= 15 is 0 Å². The van der Waals surface area contributed by atoms with Crippen LogP contribution in [0, 0.1) is 5.92 Å². The molecule has 5 nitrogen and oxygen atoms in total. The van der Waals surface area contributed by atoms with Crippen molar-refractivity contribution < 1.29 is 4.79 Å². The highest BCUT2D eigenvalue weighted by Crippen LogP contribution is 2.37. The number of carbonyl (C=O) groups is 1. The molecule has 1 unspecified atom stereocenters. The predicted octanol–water partition coefficient (Wildman–Crippen LogP) is 3.19. The Bertz CT molecular complexity index is 961. The standard InChI is InChI=1S/C20H19N3O2/c24-18-8-7-15-16(5-2-6-17(15)22-18)20(25)23-19(13-3-1-4-13)14-9-11-21-12-10-14/h2,5-13,19H,1,3-4H2,(H,22,24)(H,23,25). The van der Waals surface area contributed by atoms with Gasteiger partial charge in [-0.15, -0.1) is 0 Å². The summed E-state index contributed by atoms with van der Waals surface area (Å²) in [7, 11) is 0. The average Bonchev–Trinajstić information content (AvgIpc) is 2.59. The summed E-state index contributed by atoms with van der Waals surface area (Å²) in [5.41, 5.74) is 2.16. The van der Waals surface area contributed by atoms with E-state index in [0.717, 1.165) is 23.8 Å². The van der Waals surface area contributed by atoms with E-state index in [1.54, 1.807) is 36.7 Å². The van der Waals surface area contributed by atoms with Crippen molar-refractivity contribution in [2.45, 2.75) is 25.3 Å². The number of aromatic amines is 1. The number of pyridine rings is 2. The maximum Gasteiger partial charge on any atom is 0.252 e. The summed E-state index contributed by atoms with van der Waals surface area (Å²) in [5.74, 6) is 0.340. The summed E-state index contributed by atoms with van der Waals surface area (Å²) >= 11 is 0. The monoisotopic (exact) mass is 333 g/mol. The molecule has 3 aromatic rings. The van der Waals surface area contributed by atoms with E-state index in [-0.39, 0.29) is 17.5 Å². The number of aromatic nitrogens is 2. The highest BCUT2D eigenvalue weighted by molar-refractivity contribution is 6.06. The minimum Gasteiger partial charge on any atom is -0.345 e. The number of hydrogen-bond donors (Lipinski definition) is 2. The molecule has 0 aliphatic heterocycles. The maximum atomic E-state index is 13.0. The molecule has 2 N–H and O–H groups in total. The van der Waals surface area contributed by atoms with Crippen molar-refractivity contribution in [1.29, 1.82) is 0 Å². The van der Waals surface area contributed by atoms with E-state index in [2.05, 4.69) is 15.3 Å². The zero-order valence-corrected chi connectivity index (χ0v) is 13.7. The van der Waals surface area contributed by atoms with Crippen molar-refractivity contribution in [2.75, 3.05) is 0 Å². The van der Waals surface area contributed by atoms with Crippen LogP contribution in [0.15, 0.2) is 59.7 Å². The summed E-state index contributed by atoms with van der Waals surface area (Å²) in [5, 5.41) is 3.95. The molecule has 1 amide bonds. The van der Waals surface area contributed by atoms with Gasteiger partial charge in [-0.2, -0.15) is 0 Å². The number of benzene rings is 1. The van der Waals surface area contributed by atoms with Gasteiger partial charge in [0.05, 0.1) is 6.04 Å². The Balaban J connectivity index is 1.67. The quantitative estimate of drug-likeness (QED) is 0.770. The fraction of sp³-hybridized carbons (Fsp3) is 0.250. The molecule has 0 radical (unpaired) electrons. The number of carbonyl (C=O) groups excluding carboxylic acids is 1. The normalized spacial score (nSPS) is 15.5. The van der Waals surface area contributed by atoms with Crippen LogP contribution in [0.5, 0.6) is 0 Å². The van der Waals surface area contributed by atoms with Crippen molar-refractivity contribution in [3.8, 4) is 0 Å². The van der Waals surface area contributed by atoms with E-state index in [4.69, 9.17) is 0 Å². The second-order valence-electron chi connectivity index (χ2n) is 6.51. The lowest BCUT2D eigenvalue weighted by molar-refractivity contribution is 0.0902. The molecule has 5 heteroatoms. The third-order valence-electron chi connectivity index (χ3n) is 4.98.